The van der Waals surface area contributed by atoms with Crippen LogP contribution in [0.25, 0.3) is 0 Å². The molecule has 4 fully saturated rings. The van der Waals surface area contributed by atoms with Gasteiger partial charge >= 0.3 is 0 Å². The predicted octanol–water partition coefficient (Wildman–Crippen LogP) is 2.92. The molecule has 0 heterocycles. The molecule has 19 heavy (non-hydrogen) atoms. The number of aliphatic imine (C=N–C) groups is 1. The molecule has 0 saturated heterocycles. The Morgan fingerprint density at radius 1 is 1.05 bits per heavy atom. The minimum atomic E-state index is 0.348. The highest BCUT2D eigenvalue weighted by Gasteiger charge is 2.58. The number of nitrogens with one attached hydrogen (secondary N) is 2. The van der Waals surface area contributed by atoms with Gasteiger partial charge in [0.2, 0.25) is 0 Å². The second-order valence-corrected chi connectivity index (χ2v) is 7.70. The fourth-order valence-corrected chi connectivity index (χ4v) is 4.87. The van der Waals surface area contributed by atoms with Gasteiger partial charge in [-0.1, -0.05) is 0 Å². The molecule has 4 aliphatic carbocycles. The van der Waals surface area contributed by atoms with Gasteiger partial charge in [0.05, 0.1) is 0 Å². The fourth-order valence-electron chi connectivity index (χ4n) is 4.87. The van der Waals surface area contributed by atoms with E-state index in [0.29, 0.717) is 17.6 Å². The zero-order valence-corrected chi connectivity index (χ0v) is 12.9. The topological polar surface area (TPSA) is 36.4 Å². The van der Waals surface area contributed by atoms with Crippen LogP contribution in [0.15, 0.2) is 4.99 Å². The van der Waals surface area contributed by atoms with Crippen LogP contribution in [0.5, 0.6) is 0 Å². The monoisotopic (exact) mass is 263 g/mol. The van der Waals surface area contributed by atoms with E-state index in [-0.39, 0.29) is 0 Å². The standard InChI is InChI=1S/C16H29N3/c1-10(2)17-15(18-11(3)4)19-16-8-12-5-13(9-16)7-14(16)6-12/h10-14H,5-9H2,1-4H3,(H2,17,18,19). The number of rotatable bonds is 3. The molecule has 2 atom stereocenters. The van der Waals surface area contributed by atoms with Crippen LogP contribution in [0.3, 0.4) is 0 Å². The Bertz CT molecular complexity index is 358. The Balaban J connectivity index is 1.75. The van der Waals surface area contributed by atoms with E-state index < -0.39 is 0 Å². The lowest BCUT2D eigenvalue weighted by Gasteiger charge is -2.36. The largest absolute Gasteiger partial charge is 0.354 e. The average molecular weight is 263 g/mol. The Kier molecular flexibility index (Phi) is 3.26. The highest BCUT2D eigenvalue weighted by atomic mass is 15.2. The summed E-state index contributed by atoms with van der Waals surface area (Å²) in [5.74, 6) is 3.93. The van der Waals surface area contributed by atoms with E-state index in [4.69, 9.17) is 4.99 Å². The van der Waals surface area contributed by atoms with Crippen molar-refractivity contribution in [1.29, 1.82) is 0 Å². The number of hydrogen-bond donors (Lipinski definition) is 2. The first-order valence-electron chi connectivity index (χ1n) is 8.09. The van der Waals surface area contributed by atoms with Crippen molar-refractivity contribution in [2.45, 2.75) is 77.4 Å². The van der Waals surface area contributed by atoms with Crippen molar-refractivity contribution in [1.82, 2.24) is 10.6 Å². The van der Waals surface area contributed by atoms with Gasteiger partial charge in [0.25, 0.3) is 0 Å². The van der Waals surface area contributed by atoms with Crippen LogP contribution >= 0.6 is 0 Å². The normalized spacial score (nSPS) is 40.5. The first-order valence-corrected chi connectivity index (χ1v) is 8.09. The summed E-state index contributed by atoms with van der Waals surface area (Å²) in [4.78, 5) is 4.77. The second kappa shape index (κ2) is 4.68. The summed E-state index contributed by atoms with van der Waals surface area (Å²) in [5, 5.41) is 7.37. The molecule has 0 aromatic rings. The molecule has 0 aliphatic heterocycles. The highest BCUT2D eigenvalue weighted by molar-refractivity contribution is 5.81. The third-order valence-corrected chi connectivity index (χ3v) is 5.17. The van der Waals surface area contributed by atoms with Crippen LogP contribution in [0, 0.1) is 17.8 Å². The van der Waals surface area contributed by atoms with Crippen molar-refractivity contribution in [3.05, 3.63) is 0 Å². The maximum Gasteiger partial charge on any atom is 0.192 e. The fraction of sp³-hybridized carbons (Fsp3) is 0.938. The summed E-state index contributed by atoms with van der Waals surface area (Å²) >= 11 is 0. The summed E-state index contributed by atoms with van der Waals surface area (Å²) in [5.41, 5.74) is 0.378. The quantitative estimate of drug-likeness (QED) is 0.607. The van der Waals surface area contributed by atoms with Gasteiger partial charge in [0.1, 0.15) is 0 Å². The molecule has 4 bridgehead atoms. The van der Waals surface area contributed by atoms with Gasteiger partial charge < -0.3 is 10.6 Å². The lowest BCUT2D eigenvalue weighted by Crippen LogP contribution is -2.55. The third-order valence-electron chi connectivity index (χ3n) is 5.17. The van der Waals surface area contributed by atoms with Gasteiger partial charge in [0.15, 0.2) is 5.96 Å². The van der Waals surface area contributed by atoms with Crippen LogP contribution < -0.4 is 10.6 Å². The molecule has 0 amide bonds. The Labute approximate surface area is 117 Å². The van der Waals surface area contributed by atoms with Crippen molar-refractivity contribution in [3.63, 3.8) is 0 Å². The van der Waals surface area contributed by atoms with E-state index in [1.165, 1.54) is 32.1 Å². The van der Waals surface area contributed by atoms with Gasteiger partial charge in [-0.3, -0.25) is 4.99 Å². The molecule has 0 spiro atoms. The predicted molar refractivity (Wildman–Crippen MR) is 80.3 cm³/mol. The van der Waals surface area contributed by atoms with Crippen LogP contribution in [-0.4, -0.2) is 23.6 Å². The SMILES string of the molecule is CC(C)N=C(NC(C)C)NC12CC3CC(CC1C3)C2. The van der Waals surface area contributed by atoms with E-state index in [0.717, 1.165) is 23.7 Å². The summed E-state index contributed by atoms with van der Waals surface area (Å²) in [6.45, 7) is 8.68. The molecule has 2 unspecified atom stereocenters. The zero-order chi connectivity index (χ0) is 13.6. The summed E-state index contributed by atoms with van der Waals surface area (Å²) in [7, 11) is 0. The van der Waals surface area contributed by atoms with Crippen LogP contribution in [-0.2, 0) is 0 Å². The Morgan fingerprint density at radius 2 is 1.68 bits per heavy atom. The minimum Gasteiger partial charge on any atom is -0.354 e. The lowest BCUT2D eigenvalue weighted by molar-refractivity contribution is 0.254. The number of hydrogen-bond acceptors (Lipinski definition) is 1. The average Bonchev–Trinajstić information content (AvgIpc) is 2.60. The van der Waals surface area contributed by atoms with Crippen LogP contribution in [0.2, 0.25) is 0 Å². The number of guanidine groups is 1. The van der Waals surface area contributed by atoms with Gasteiger partial charge in [-0.2, -0.15) is 0 Å². The molecule has 4 aliphatic rings. The molecule has 108 valence electrons. The zero-order valence-electron chi connectivity index (χ0n) is 12.9. The van der Waals surface area contributed by atoms with Crippen LogP contribution in [0.1, 0.15) is 59.8 Å². The molecule has 0 radical (unpaired) electrons. The number of nitrogens with zero attached hydrogens (tertiary/aromatic N) is 1. The maximum absolute atomic E-state index is 4.77. The van der Waals surface area contributed by atoms with E-state index in [2.05, 4.69) is 38.3 Å². The molecule has 0 aromatic heterocycles. The lowest BCUT2D eigenvalue weighted by atomic mass is 9.80. The van der Waals surface area contributed by atoms with Crippen molar-refractivity contribution in [2.24, 2.45) is 22.7 Å². The van der Waals surface area contributed by atoms with Gasteiger partial charge in [-0.25, -0.2) is 0 Å². The van der Waals surface area contributed by atoms with Crippen molar-refractivity contribution < 1.29 is 0 Å². The summed E-state index contributed by atoms with van der Waals surface area (Å²) < 4.78 is 0. The van der Waals surface area contributed by atoms with E-state index in [9.17, 15) is 0 Å². The third kappa shape index (κ3) is 2.48. The smallest absolute Gasteiger partial charge is 0.192 e. The van der Waals surface area contributed by atoms with E-state index >= 15 is 0 Å². The van der Waals surface area contributed by atoms with Gasteiger partial charge in [-0.05, 0) is 77.6 Å². The van der Waals surface area contributed by atoms with Crippen LogP contribution in [0.4, 0.5) is 0 Å². The molecule has 0 aromatic carbocycles. The Morgan fingerprint density at radius 3 is 2.21 bits per heavy atom. The minimum absolute atomic E-state index is 0.348. The first kappa shape index (κ1) is 13.3. The molecular formula is C16H29N3. The molecule has 4 saturated carbocycles. The molecule has 2 N–H and O–H groups in total. The maximum atomic E-state index is 4.77. The molecule has 3 heteroatoms. The van der Waals surface area contributed by atoms with Crippen molar-refractivity contribution in [3.8, 4) is 0 Å². The molecule has 3 nitrogen and oxygen atoms in total. The van der Waals surface area contributed by atoms with Crippen molar-refractivity contribution in [2.75, 3.05) is 0 Å². The molecule has 4 rings (SSSR count). The highest BCUT2D eigenvalue weighted by Crippen LogP contribution is 2.60. The first-order chi connectivity index (χ1) is 8.97. The van der Waals surface area contributed by atoms with Crippen molar-refractivity contribution >= 4 is 5.96 Å². The molecular weight excluding hydrogens is 234 g/mol. The second-order valence-electron chi connectivity index (χ2n) is 7.70. The summed E-state index contributed by atoms with van der Waals surface area (Å²) in [6, 6.07) is 0.790. The Hall–Kier alpha value is -0.730. The summed E-state index contributed by atoms with van der Waals surface area (Å²) in [6.07, 6.45) is 7.17. The van der Waals surface area contributed by atoms with Gasteiger partial charge in [0, 0.05) is 17.6 Å². The van der Waals surface area contributed by atoms with Gasteiger partial charge in [-0.15, -0.1) is 0 Å². The van der Waals surface area contributed by atoms with E-state index in [1.807, 2.05) is 0 Å². The van der Waals surface area contributed by atoms with E-state index in [1.54, 1.807) is 0 Å².